The maximum absolute atomic E-state index is 2.45. The van der Waals surface area contributed by atoms with E-state index in [2.05, 4.69) is 109 Å². The van der Waals surface area contributed by atoms with Gasteiger partial charge in [-0.1, -0.05) is 66.3 Å². The molecule has 4 aromatic carbocycles. The van der Waals surface area contributed by atoms with Crippen LogP contribution in [0.25, 0.3) is 53.2 Å². The molecule has 0 bridgehead atoms. The lowest BCUT2D eigenvalue weighted by molar-refractivity contribution is 1.04. The third-order valence-electron chi connectivity index (χ3n) is 6.89. The number of hydrogen-bond donors (Lipinski definition) is 0. The molecule has 0 saturated carbocycles. The van der Waals surface area contributed by atoms with Gasteiger partial charge in [-0.15, -0.1) is 11.3 Å². The minimum atomic E-state index is 1.12. The van der Waals surface area contributed by atoms with E-state index in [9.17, 15) is 0 Å². The fourth-order valence-electron chi connectivity index (χ4n) is 5.21. The van der Waals surface area contributed by atoms with Gasteiger partial charge in [0, 0.05) is 36.6 Å². The van der Waals surface area contributed by atoms with Crippen molar-refractivity contribution in [2.45, 2.75) is 19.8 Å². The van der Waals surface area contributed by atoms with Crippen LogP contribution >= 0.6 is 11.3 Å². The number of aromatic nitrogens is 1. The van der Waals surface area contributed by atoms with Crippen molar-refractivity contribution in [1.29, 1.82) is 0 Å². The summed E-state index contributed by atoms with van der Waals surface area (Å²) < 4.78 is 5.15. The first-order valence-electron chi connectivity index (χ1n) is 11.6. The Kier molecular flexibility index (Phi) is 4.12. The van der Waals surface area contributed by atoms with Crippen molar-refractivity contribution in [3.8, 4) is 5.69 Å². The number of benzene rings is 4. The van der Waals surface area contributed by atoms with Gasteiger partial charge in [-0.05, 0) is 67.3 Å². The van der Waals surface area contributed by atoms with Crippen molar-refractivity contribution in [2.75, 3.05) is 0 Å². The first-order chi connectivity index (χ1) is 16.3. The molecular formula is C31H23NS. The Labute approximate surface area is 196 Å². The smallest absolute Gasteiger partial charge is 0.0555 e. The van der Waals surface area contributed by atoms with Crippen LogP contribution in [0.3, 0.4) is 0 Å². The van der Waals surface area contributed by atoms with Crippen LogP contribution in [0.5, 0.6) is 0 Å². The molecular weight excluding hydrogens is 418 g/mol. The summed E-state index contributed by atoms with van der Waals surface area (Å²) in [6, 6.07) is 29.5. The third-order valence-corrected chi connectivity index (χ3v) is 8.02. The Morgan fingerprint density at radius 1 is 0.697 bits per heavy atom. The van der Waals surface area contributed by atoms with Crippen molar-refractivity contribution >= 4 is 58.9 Å². The van der Waals surface area contributed by atoms with Crippen molar-refractivity contribution in [1.82, 2.24) is 4.57 Å². The zero-order chi connectivity index (χ0) is 21.9. The summed E-state index contributed by atoms with van der Waals surface area (Å²) in [5.74, 6) is 0. The lowest BCUT2D eigenvalue weighted by Crippen LogP contribution is -1.94. The predicted molar refractivity (Wildman–Crippen MR) is 145 cm³/mol. The topological polar surface area (TPSA) is 4.93 Å². The molecule has 2 heterocycles. The van der Waals surface area contributed by atoms with Gasteiger partial charge < -0.3 is 4.57 Å². The number of aryl methyl sites for hydroxylation is 1. The second kappa shape index (κ2) is 7.19. The number of nitrogens with zero attached hydrogens (tertiary/aromatic N) is 1. The molecule has 0 aliphatic heterocycles. The van der Waals surface area contributed by atoms with Crippen LogP contribution in [0.15, 0.2) is 97.1 Å². The molecule has 0 amide bonds. The quantitative estimate of drug-likeness (QED) is 0.252. The van der Waals surface area contributed by atoms with Gasteiger partial charge >= 0.3 is 0 Å². The van der Waals surface area contributed by atoms with E-state index < -0.39 is 0 Å². The van der Waals surface area contributed by atoms with Crippen LogP contribution in [-0.2, 0) is 0 Å². The highest BCUT2D eigenvalue weighted by Crippen LogP contribution is 2.41. The summed E-state index contributed by atoms with van der Waals surface area (Å²) >= 11 is 1.89. The minimum absolute atomic E-state index is 1.12. The van der Waals surface area contributed by atoms with Crippen LogP contribution in [0, 0.1) is 6.92 Å². The van der Waals surface area contributed by atoms with Gasteiger partial charge in [0.05, 0.1) is 11.0 Å². The lowest BCUT2D eigenvalue weighted by Gasteiger charge is -2.11. The Hall–Kier alpha value is -3.62. The van der Waals surface area contributed by atoms with Gasteiger partial charge in [0.15, 0.2) is 0 Å². The van der Waals surface area contributed by atoms with E-state index in [1.54, 1.807) is 0 Å². The largest absolute Gasteiger partial charge is 0.309 e. The SMILES string of the molecule is Cc1ccc(-n2c3cc(C4=CCCC=C4)ccc3c3cc4c(cc32)sc2ccccc24)cc1. The summed E-state index contributed by atoms with van der Waals surface area (Å²) in [5, 5.41) is 5.34. The van der Waals surface area contributed by atoms with Crippen LogP contribution in [0.1, 0.15) is 24.0 Å². The Bertz CT molecular complexity index is 1760. The van der Waals surface area contributed by atoms with E-state index in [4.69, 9.17) is 0 Å². The number of thiophene rings is 1. The molecule has 1 aliphatic rings. The summed E-state index contributed by atoms with van der Waals surface area (Å²) in [4.78, 5) is 0. The molecule has 7 rings (SSSR count). The molecule has 2 heteroatoms. The summed E-state index contributed by atoms with van der Waals surface area (Å²) in [6.45, 7) is 2.15. The van der Waals surface area contributed by atoms with E-state index in [0.29, 0.717) is 0 Å². The van der Waals surface area contributed by atoms with Crippen molar-refractivity contribution in [3.63, 3.8) is 0 Å². The summed E-state index contributed by atoms with van der Waals surface area (Å²) in [7, 11) is 0. The van der Waals surface area contributed by atoms with Gasteiger partial charge in [0.25, 0.3) is 0 Å². The van der Waals surface area contributed by atoms with Crippen molar-refractivity contribution in [3.05, 3.63) is 108 Å². The molecule has 1 aliphatic carbocycles. The van der Waals surface area contributed by atoms with Crippen LogP contribution < -0.4 is 0 Å². The number of rotatable bonds is 2. The molecule has 0 spiro atoms. The predicted octanol–water partition coefficient (Wildman–Crippen LogP) is 9.19. The maximum atomic E-state index is 2.45. The van der Waals surface area contributed by atoms with Gasteiger partial charge in [-0.3, -0.25) is 0 Å². The fourth-order valence-corrected chi connectivity index (χ4v) is 6.34. The average Bonchev–Trinajstić information content (AvgIpc) is 3.38. The zero-order valence-corrected chi connectivity index (χ0v) is 19.3. The Balaban J connectivity index is 1.60. The highest BCUT2D eigenvalue weighted by atomic mass is 32.1. The normalized spacial score (nSPS) is 14.0. The molecule has 0 atom stereocenters. The van der Waals surface area contributed by atoms with Crippen molar-refractivity contribution in [2.24, 2.45) is 0 Å². The molecule has 1 nitrogen and oxygen atoms in total. The molecule has 0 fully saturated rings. The minimum Gasteiger partial charge on any atom is -0.309 e. The van der Waals surface area contributed by atoms with Gasteiger partial charge in [0.2, 0.25) is 0 Å². The highest BCUT2D eigenvalue weighted by Gasteiger charge is 2.16. The molecule has 0 unspecified atom stereocenters. The van der Waals surface area contributed by atoms with Gasteiger partial charge in [0.1, 0.15) is 0 Å². The molecule has 6 aromatic rings. The molecule has 0 N–H and O–H groups in total. The van der Waals surface area contributed by atoms with Gasteiger partial charge in [-0.2, -0.15) is 0 Å². The zero-order valence-electron chi connectivity index (χ0n) is 18.5. The lowest BCUT2D eigenvalue weighted by atomic mass is 9.98. The Morgan fingerprint density at radius 2 is 1.55 bits per heavy atom. The van der Waals surface area contributed by atoms with Crippen LogP contribution in [-0.4, -0.2) is 4.57 Å². The summed E-state index contributed by atoms with van der Waals surface area (Å²) in [6.07, 6.45) is 9.18. The van der Waals surface area contributed by atoms with E-state index in [0.717, 1.165) is 12.8 Å². The van der Waals surface area contributed by atoms with E-state index in [1.165, 1.54) is 64.4 Å². The maximum Gasteiger partial charge on any atom is 0.0555 e. The van der Waals surface area contributed by atoms with Crippen LogP contribution in [0.4, 0.5) is 0 Å². The molecule has 0 radical (unpaired) electrons. The summed E-state index contributed by atoms with van der Waals surface area (Å²) in [5.41, 5.74) is 7.67. The fraction of sp³-hybridized carbons (Fsp3) is 0.0968. The number of allylic oxidation sites excluding steroid dienone is 4. The third kappa shape index (κ3) is 2.91. The highest BCUT2D eigenvalue weighted by molar-refractivity contribution is 7.25. The first-order valence-corrected chi connectivity index (χ1v) is 12.4. The second-order valence-corrected chi connectivity index (χ2v) is 10.1. The van der Waals surface area contributed by atoms with E-state index in [-0.39, 0.29) is 0 Å². The average molecular weight is 442 g/mol. The standard InChI is InChI=1S/C31H23NS/c1-20-11-14-23(15-12-20)32-28-17-22(21-7-3-2-4-8-21)13-16-24(28)26-18-27-25-9-5-6-10-30(25)33-31(27)19-29(26)32/h3,5-19H,2,4H2,1H3. The number of hydrogen-bond acceptors (Lipinski definition) is 1. The van der Waals surface area contributed by atoms with Crippen molar-refractivity contribution < 1.29 is 0 Å². The molecule has 2 aromatic heterocycles. The monoisotopic (exact) mass is 441 g/mol. The number of fused-ring (bicyclic) bond motifs is 6. The Morgan fingerprint density at radius 3 is 2.39 bits per heavy atom. The van der Waals surface area contributed by atoms with Crippen LogP contribution in [0.2, 0.25) is 0 Å². The molecule has 158 valence electrons. The first kappa shape index (κ1) is 18.9. The van der Waals surface area contributed by atoms with E-state index in [1.807, 2.05) is 11.3 Å². The van der Waals surface area contributed by atoms with E-state index >= 15 is 0 Å². The van der Waals surface area contributed by atoms with Gasteiger partial charge in [-0.25, -0.2) is 0 Å². The molecule has 33 heavy (non-hydrogen) atoms. The molecule has 0 saturated heterocycles. The second-order valence-electron chi connectivity index (χ2n) is 9.01.